The van der Waals surface area contributed by atoms with Crippen LogP contribution in [0.2, 0.25) is 10.0 Å². The van der Waals surface area contributed by atoms with E-state index in [-0.39, 0.29) is 5.78 Å². The van der Waals surface area contributed by atoms with Crippen molar-refractivity contribution < 1.29 is 9.53 Å². The number of rotatable bonds is 3. The zero-order valence-electron chi connectivity index (χ0n) is 9.48. The highest BCUT2D eigenvalue weighted by molar-refractivity contribution is 6.42. The third-order valence-electron chi connectivity index (χ3n) is 2.22. The molecular weight excluding hydrogens is 273 g/mol. The third-order valence-corrected chi connectivity index (χ3v) is 2.96. The third kappa shape index (κ3) is 3.00. The molecule has 0 bridgehead atoms. The van der Waals surface area contributed by atoms with Crippen LogP contribution in [0.3, 0.4) is 0 Å². The highest BCUT2D eigenvalue weighted by Crippen LogP contribution is 2.29. The Labute approximate surface area is 114 Å². The topological polar surface area (TPSA) is 39.2 Å². The summed E-state index contributed by atoms with van der Waals surface area (Å²) in [5.41, 5.74) is 0.400. The van der Waals surface area contributed by atoms with Crippen LogP contribution in [0.4, 0.5) is 0 Å². The molecular formula is C13H9Cl2NO2. The molecule has 1 aromatic heterocycles. The zero-order valence-corrected chi connectivity index (χ0v) is 11.0. The predicted molar refractivity (Wildman–Crippen MR) is 70.8 cm³/mol. The van der Waals surface area contributed by atoms with Crippen molar-refractivity contribution in [1.29, 1.82) is 0 Å². The standard InChI is InChI=1S/C13H9Cl2NO2/c1-8(17)13-5-3-10(7-16-13)18-9-2-4-11(14)12(15)6-9/h2-7H,1H3. The molecule has 0 fully saturated rings. The quantitative estimate of drug-likeness (QED) is 0.784. The number of hydrogen-bond acceptors (Lipinski definition) is 3. The minimum absolute atomic E-state index is 0.0870. The number of ether oxygens (including phenoxy) is 1. The number of pyridine rings is 1. The number of aromatic nitrogens is 1. The molecule has 0 amide bonds. The zero-order chi connectivity index (χ0) is 13.1. The maximum Gasteiger partial charge on any atom is 0.178 e. The molecule has 0 aliphatic rings. The highest BCUT2D eigenvalue weighted by atomic mass is 35.5. The van der Waals surface area contributed by atoms with Crippen LogP contribution in [-0.4, -0.2) is 10.8 Å². The van der Waals surface area contributed by atoms with Gasteiger partial charge in [0.25, 0.3) is 0 Å². The fourth-order valence-corrected chi connectivity index (χ4v) is 1.61. The summed E-state index contributed by atoms with van der Waals surface area (Å²) in [5, 5.41) is 0.886. The molecule has 0 spiro atoms. The Kier molecular flexibility index (Phi) is 3.84. The first-order valence-electron chi connectivity index (χ1n) is 5.16. The smallest absolute Gasteiger partial charge is 0.178 e. The van der Waals surface area contributed by atoms with Crippen molar-refractivity contribution in [2.45, 2.75) is 6.92 Å². The Morgan fingerprint density at radius 3 is 2.39 bits per heavy atom. The fraction of sp³-hybridized carbons (Fsp3) is 0.0769. The molecule has 0 unspecified atom stereocenters. The van der Waals surface area contributed by atoms with Crippen LogP contribution < -0.4 is 4.74 Å². The van der Waals surface area contributed by atoms with E-state index in [4.69, 9.17) is 27.9 Å². The van der Waals surface area contributed by atoms with Gasteiger partial charge in [-0.25, -0.2) is 4.98 Å². The summed E-state index contributed by atoms with van der Waals surface area (Å²) < 4.78 is 5.53. The first kappa shape index (κ1) is 12.9. The van der Waals surface area contributed by atoms with Gasteiger partial charge >= 0.3 is 0 Å². The normalized spacial score (nSPS) is 10.2. The van der Waals surface area contributed by atoms with Crippen molar-refractivity contribution in [2.75, 3.05) is 0 Å². The van der Waals surface area contributed by atoms with Crippen molar-refractivity contribution in [3.63, 3.8) is 0 Å². The second kappa shape index (κ2) is 5.38. The van der Waals surface area contributed by atoms with Gasteiger partial charge in [-0.3, -0.25) is 4.79 Å². The lowest BCUT2D eigenvalue weighted by molar-refractivity contribution is 0.101. The minimum atomic E-state index is -0.0870. The van der Waals surface area contributed by atoms with E-state index in [2.05, 4.69) is 4.98 Å². The molecule has 0 saturated carbocycles. The summed E-state index contributed by atoms with van der Waals surface area (Å²) >= 11 is 11.7. The van der Waals surface area contributed by atoms with Crippen LogP contribution in [-0.2, 0) is 0 Å². The fourth-order valence-electron chi connectivity index (χ4n) is 1.33. The lowest BCUT2D eigenvalue weighted by Crippen LogP contribution is -1.95. The van der Waals surface area contributed by atoms with E-state index < -0.39 is 0 Å². The van der Waals surface area contributed by atoms with Crippen molar-refractivity contribution in [3.8, 4) is 11.5 Å². The first-order valence-corrected chi connectivity index (χ1v) is 5.92. The molecule has 92 valence electrons. The summed E-state index contributed by atoms with van der Waals surface area (Å²) in [6.45, 7) is 1.46. The van der Waals surface area contributed by atoms with Crippen molar-refractivity contribution in [1.82, 2.24) is 4.98 Å². The Hall–Kier alpha value is -1.58. The van der Waals surface area contributed by atoms with E-state index in [0.717, 1.165) is 0 Å². The van der Waals surface area contributed by atoms with E-state index in [1.54, 1.807) is 30.3 Å². The molecule has 5 heteroatoms. The van der Waals surface area contributed by atoms with Gasteiger partial charge in [0.05, 0.1) is 16.2 Å². The summed E-state index contributed by atoms with van der Waals surface area (Å²) in [6.07, 6.45) is 1.49. The van der Waals surface area contributed by atoms with E-state index in [0.29, 0.717) is 27.2 Å². The number of hydrogen-bond donors (Lipinski definition) is 0. The van der Waals surface area contributed by atoms with Crippen LogP contribution in [0.5, 0.6) is 11.5 Å². The van der Waals surface area contributed by atoms with Gasteiger partial charge in [0.2, 0.25) is 0 Å². The average Bonchev–Trinajstić information content (AvgIpc) is 2.34. The van der Waals surface area contributed by atoms with Crippen LogP contribution in [0, 0.1) is 0 Å². The maximum absolute atomic E-state index is 11.1. The van der Waals surface area contributed by atoms with Crippen molar-refractivity contribution in [3.05, 3.63) is 52.3 Å². The van der Waals surface area contributed by atoms with E-state index in [1.165, 1.54) is 13.1 Å². The molecule has 3 nitrogen and oxygen atoms in total. The van der Waals surface area contributed by atoms with E-state index >= 15 is 0 Å². The Morgan fingerprint density at radius 1 is 1.11 bits per heavy atom. The maximum atomic E-state index is 11.1. The number of Topliss-reactive ketones (excluding diaryl/α,β-unsaturated/α-hetero) is 1. The predicted octanol–water partition coefficient (Wildman–Crippen LogP) is 4.38. The Bertz CT molecular complexity index is 582. The lowest BCUT2D eigenvalue weighted by atomic mass is 10.3. The van der Waals surface area contributed by atoms with Gasteiger partial charge in [-0.15, -0.1) is 0 Å². The number of halogens is 2. The summed E-state index contributed by atoms with van der Waals surface area (Å²) in [7, 11) is 0. The molecule has 1 aromatic carbocycles. The van der Waals surface area contributed by atoms with Gasteiger partial charge < -0.3 is 4.74 Å². The molecule has 0 N–H and O–H groups in total. The number of ketones is 1. The molecule has 0 atom stereocenters. The lowest BCUT2D eigenvalue weighted by Gasteiger charge is -2.06. The van der Waals surface area contributed by atoms with Crippen LogP contribution in [0.25, 0.3) is 0 Å². The molecule has 0 radical (unpaired) electrons. The van der Waals surface area contributed by atoms with Crippen LogP contribution >= 0.6 is 23.2 Å². The molecule has 1 heterocycles. The number of nitrogens with zero attached hydrogens (tertiary/aromatic N) is 1. The van der Waals surface area contributed by atoms with Crippen LogP contribution in [0.15, 0.2) is 36.5 Å². The Balaban J connectivity index is 2.18. The van der Waals surface area contributed by atoms with Crippen LogP contribution in [0.1, 0.15) is 17.4 Å². The highest BCUT2D eigenvalue weighted by Gasteiger charge is 2.04. The summed E-state index contributed by atoms with van der Waals surface area (Å²) in [4.78, 5) is 15.0. The first-order chi connectivity index (χ1) is 8.56. The van der Waals surface area contributed by atoms with Gasteiger partial charge in [0, 0.05) is 13.0 Å². The second-order valence-electron chi connectivity index (χ2n) is 3.61. The number of carbonyl (C=O) groups excluding carboxylic acids is 1. The summed E-state index contributed by atoms with van der Waals surface area (Å²) in [6, 6.07) is 8.24. The molecule has 2 aromatic rings. The molecule has 18 heavy (non-hydrogen) atoms. The molecule has 2 rings (SSSR count). The SMILES string of the molecule is CC(=O)c1ccc(Oc2ccc(Cl)c(Cl)c2)cn1. The monoisotopic (exact) mass is 281 g/mol. The minimum Gasteiger partial charge on any atom is -0.456 e. The molecule has 0 aliphatic heterocycles. The molecule has 0 saturated heterocycles. The van der Waals surface area contributed by atoms with E-state index in [9.17, 15) is 4.79 Å². The summed E-state index contributed by atoms with van der Waals surface area (Å²) in [5.74, 6) is 0.997. The largest absolute Gasteiger partial charge is 0.456 e. The molecule has 0 aliphatic carbocycles. The van der Waals surface area contributed by atoms with Gasteiger partial charge in [-0.2, -0.15) is 0 Å². The Morgan fingerprint density at radius 2 is 1.83 bits per heavy atom. The van der Waals surface area contributed by atoms with Gasteiger partial charge in [0.1, 0.15) is 17.2 Å². The van der Waals surface area contributed by atoms with Gasteiger partial charge in [-0.1, -0.05) is 23.2 Å². The van der Waals surface area contributed by atoms with Gasteiger partial charge in [-0.05, 0) is 24.3 Å². The number of benzene rings is 1. The van der Waals surface area contributed by atoms with E-state index in [1.807, 2.05) is 0 Å². The number of carbonyl (C=O) groups is 1. The second-order valence-corrected chi connectivity index (χ2v) is 4.43. The van der Waals surface area contributed by atoms with Gasteiger partial charge in [0.15, 0.2) is 5.78 Å². The van der Waals surface area contributed by atoms with Crippen molar-refractivity contribution >= 4 is 29.0 Å². The van der Waals surface area contributed by atoms with Crippen molar-refractivity contribution in [2.24, 2.45) is 0 Å². The average molecular weight is 282 g/mol.